The van der Waals surface area contributed by atoms with Gasteiger partial charge >= 0.3 is 0 Å². The summed E-state index contributed by atoms with van der Waals surface area (Å²) in [6.07, 6.45) is 2.48. The van der Waals surface area contributed by atoms with Crippen LogP contribution in [0.1, 0.15) is 27.0 Å². The molecule has 2 aromatic carbocycles. The summed E-state index contributed by atoms with van der Waals surface area (Å²) in [7, 11) is 0. The molecule has 2 heterocycles. The van der Waals surface area contributed by atoms with Crippen LogP contribution in [-0.4, -0.2) is 27.5 Å². The number of carbonyl (C=O) groups is 1. The molecule has 0 fully saturated rings. The fraction of sp³-hybridized carbons (Fsp3) is 0.222. The molecule has 0 bridgehead atoms. The third-order valence-electron chi connectivity index (χ3n) is 4.61. The molecule has 1 amide bonds. The second kappa shape index (κ2) is 5.80. The molecule has 122 valence electrons. The number of aromatic nitrogens is 2. The van der Waals surface area contributed by atoms with Crippen molar-refractivity contribution in [3.8, 4) is 0 Å². The lowest BCUT2D eigenvalue weighted by Gasteiger charge is -2.30. The van der Waals surface area contributed by atoms with Gasteiger partial charge in [0.05, 0.1) is 11.7 Å². The Labute approximate surface area is 149 Å². The summed E-state index contributed by atoms with van der Waals surface area (Å²) in [4.78, 5) is 14.7. The molecule has 4 nitrogen and oxygen atoms in total. The Kier molecular flexibility index (Phi) is 3.74. The topological polar surface area (TPSA) is 49.0 Å². The Balaban J connectivity index is 1.65. The van der Waals surface area contributed by atoms with Gasteiger partial charge in [0.2, 0.25) is 0 Å². The molecule has 0 unspecified atom stereocenters. The Morgan fingerprint density at radius 3 is 2.96 bits per heavy atom. The summed E-state index contributed by atoms with van der Waals surface area (Å²) in [6.45, 7) is 3.09. The lowest BCUT2D eigenvalue weighted by atomic mass is 9.96. The predicted molar refractivity (Wildman–Crippen MR) is 95.7 cm³/mol. The van der Waals surface area contributed by atoms with E-state index in [2.05, 4.69) is 10.2 Å². The van der Waals surface area contributed by atoms with Gasteiger partial charge < -0.3 is 4.90 Å². The molecule has 0 saturated heterocycles. The van der Waals surface area contributed by atoms with E-state index in [-0.39, 0.29) is 5.91 Å². The van der Waals surface area contributed by atoms with Crippen LogP contribution < -0.4 is 0 Å². The highest BCUT2D eigenvalue weighted by Gasteiger charge is 2.25. The number of hydrogen-bond acceptors (Lipinski definition) is 2. The van der Waals surface area contributed by atoms with Crippen molar-refractivity contribution in [2.24, 2.45) is 0 Å². The second-order valence-electron chi connectivity index (χ2n) is 6.08. The largest absolute Gasteiger partial charge is 0.334 e. The van der Waals surface area contributed by atoms with Gasteiger partial charge in [0.15, 0.2) is 0 Å². The average Bonchev–Trinajstić information content (AvgIpc) is 3.06. The number of fused-ring (bicyclic) bond motifs is 2. The normalized spacial score (nSPS) is 14.0. The minimum atomic E-state index is 0.00460. The smallest absolute Gasteiger partial charge is 0.254 e. The maximum Gasteiger partial charge on any atom is 0.254 e. The highest BCUT2D eigenvalue weighted by atomic mass is 35.5. The van der Waals surface area contributed by atoms with Gasteiger partial charge in [-0.2, -0.15) is 5.10 Å². The molecular weight excluding hydrogens is 345 g/mol. The minimum Gasteiger partial charge on any atom is -0.334 e. The van der Waals surface area contributed by atoms with Crippen molar-refractivity contribution < 1.29 is 4.79 Å². The molecular formula is C18H15Cl2N3O. The molecule has 1 aromatic heterocycles. The molecule has 0 atom stereocenters. The lowest BCUT2D eigenvalue weighted by molar-refractivity contribution is 0.0735. The number of nitrogens with zero attached hydrogens (tertiary/aromatic N) is 2. The van der Waals surface area contributed by atoms with Crippen molar-refractivity contribution in [3.63, 3.8) is 0 Å². The Morgan fingerprint density at radius 1 is 1.29 bits per heavy atom. The van der Waals surface area contributed by atoms with Crippen molar-refractivity contribution in [2.75, 3.05) is 6.54 Å². The monoisotopic (exact) mass is 359 g/mol. The van der Waals surface area contributed by atoms with Crippen LogP contribution in [0, 0.1) is 6.92 Å². The molecule has 24 heavy (non-hydrogen) atoms. The number of H-pyrrole nitrogens is 1. The van der Waals surface area contributed by atoms with E-state index in [1.165, 1.54) is 0 Å². The number of amides is 1. The van der Waals surface area contributed by atoms with E-state index in [1.807, 2.05) is 36.1 Å². The number of nitrogens with one attached hydrogen (secondary N) is 1. The van der Waals surface area contributed by atoms with Crippen molar-refractivity contribution in [2.45, 2.75) is 19.9 Å². The van der Waals surface area contributed by atoms with E-state index >= 15 is 0 Å². The second-order valence-corrected chi connectivity index (χ2v) is 6.87. The van der Waals surface area contributed by atoms with Crippen LogP contribution in [0.25, 0.3) is 10.9 Å². The molecule has 1 aliphatic heterocycles. The standard InChI is InChI=1S/C18H15Cl2N3O/c1-10-15(19)6-13-9-23(5-4-14(13)17(10)20)18(24)11-2-3-12-8-21-22-16(12)7-11/h2-3,6-8H,4-5,9H2,1H3,(H,21,22). The van der Waals surface area contributed by atoms with Crippen molar-refractivity contribution in [1.82, 2.24) is 15.1 Å². The first-order chi connectivity index (χ1) is 11.5. The number of benzene rings is 2. The SMILES string of the molecule is Cc1c(Cl)cc2c(c1Cl)CCN(C(=O)c1ccc3cn[nH]c3c1)C2. The van der Waals surface area contributed by atoms with Gasteiger partial charge in [-0.3, -0.25) is 9.89 Å². The highest BCUT2D eigenvalue weighted by Crippen LogP contribution is 2.34. The number of carbonyl (C=O) groups excluding carboxylic acids is 1. The van der Waals surface area contributed by atoms with Gasteiger partial charge in [0.25, 0.3) is 5.91 Å². The summed E-state index contributed by atoms with van der Waals surface area (Å²) in [6, 6.07) is 7.51. The summed E-state index contributed by atoms with van der Waals surface area (Å²) in [5.74, 6) is 0.00460. The zero-order valence-electron chi connectivity index (χ0n) is 13.1. The summed E-state index contributed by atoms with van der Waals surface area (Å²) < 4.78 is 0. The van der Waals surface area contributed by atoms with E-state index in [0.717, 1.165) is 39.0 Å². The molecule has 3 aromatic rings. The third-order valence-corrected chi connectivity index (χ3v) is 5.51. The molecule has 0 spiro atoms. The van der Waals surface area contributed by atoms with Gasteiger partial charge in [-0.25, -0.2) is 0 Å². The van der Waals surface area contributed by atoms with Crippen LogP contribution in [0.4, 0.5) is 0 Å². The molecule has 0 radical (unpaired) electrons. The molecule has 0 aliphatic carbocycles. The fourth-order valence-electron chi connectivity index (χ4n) is 3.19. The predicted octanol–water partition coefficient (Wildman–Crippen LogP) is 4.38. The average molecular weight is 360 g/mol. The maximum absolute atomic E-state index is 12.8. The van der Waals surface area contributed by atoms with Crippen LogP contribution in [-0.2, 0) is 13.0 Å². The van der Waals surface area contributed by atoms with Gasteiger partial charge in [-0.05, 0) is 48.2 Å². The van der Waals surface area contributed by atoms with Crippen LogP contribution >= 0.6 is 23.2 Å². The Bertz CT molecular complexity index is 964. The molecule has 4 rings (SSSR count). The lowest BCUT2D eigenvalue weighted by Crippen LogP contribution is -2.36. The zero-order valence-corrected chi connectivity index (χ0v) is 14.6. The van der Waals surface area contributed by atoms with E-state index in [1.54, 1.807) is 6.20 Å². The number of hydrogen-bond donors (Lipinski definition) is 1. The first kappa shape index (κ1) is 15.5. The van der Waals surface area contributed by atoms with Crippen molar-refractivity contribution in [1.29, 1.82) is 0 Å². The van der Waals surface area contributed by atoms with Crippen LogP contribution in [0.15, 0.2) is 30.5 Å². The summed E-state index contributed by atoms with van der Waals surface area (Å²) in [5, 5.41) is 9.25. The van der Waals surface area contributed by atoms with Crippen molar-refractivity contribution in [3.05, 3.63) is 62.8 Å². The summed E-state index contributed by atoms with van der Waals surface area (Å²) in [5.41, 5.74) is 4.55. The minimum absolute atomic E-state index is 0.00460. The number of halogens is 2. The van der Waals surface area contributed by atoms with Gasteiger partial charge in [0.1, 0.15) is 0 Å². The maximum atomic E-state index is 12.8. The quantitative estimate of drug-likeness (QED) is 0.700. The summed E-state index contributed by atoms with van der Waals surface area (Å²) >= 11 is 12.7. The van der Waals surface area contributed by atoms with Gasteiger partial charge in [-0.15, -0.1) is 0 Å². The first-order valence-corrected chi connectivity index (χ1v) is 8.49. The Hall–Kier alpha value is -2.04. The van der Waals surface area contributed by atoms with Crippen LogP contribution in [0.5, 0.6) is 0 Å². The number of rotatable bonds is 1. The third kappa shape index (κ3) is 2.46. The number of aromatic amines is 1. The van der Waals surface area contributed by atoms with E-state index in [9.17, 15) is 4.79 Å². The molecule has 0 saturated carbocycles. The van der Waals surface area contributed by atoms with Gasteiger partial charge in [-0.1, -0.05) is 29.3 Å². The molecule has 6 heteroatoms. The van der Waals surface area contributed by atoms with E-state index in [0.29, 0.717) is 23.7 Å². The zero-order chi connectivity index (χ0) is 16.8. The van der Waals surface area contributed by atoms with Gasteiger partial charge in [0, 0.05) is 34.1 Å². The van der Waals surface area contributed by atoms with Crippen molar-refractivity contribution >= 4 is 40.0 Å². The van der Waals surface area contributed by atoms with E-state index in [4.69, 9.17) is 23.2 Å². The fourth-order valence-corrected chi connectivity index (χ4v) is 3.78. The van der Waals surface area contributed by atoms with Crippen LogP contribution in [0.2, 0.25) is 10.0 Å². The van der Waals surface area contributed by atoms with Crippen LogP contribution in [0.3, 0.4) is 0 Å². The Morgan fingerprint density at radius 2 is 2.12 bits per heavy atom. The highest BCUT2D eigenvalue weighted by molar-refractivity contribution is 6.36. The first-order valence-electron chi connectivity index (χ1n) is 7.73. The van der Waals surface area contributed by atoms with E-state index < -0.39 is 0 Å². The molecule has 1 aliphatic rings. The molecule has 1 N–H and O–H groups in total.